The van der Waals surface area contributed by atoms with Gasteiger partial charge in [-0.1, -0.05) is 257 Å². The number of benzene rings is 12. The Morgan fingerprint density at radius 1 is 0.277 bits per heavy atom. The lowest BCUT2D eigenvalue weighted by molar-refractivity contribution is 0.660. The second-order valence-corrected chi connectivity index (χ2v) is 22.2. The van der Waals surface area contributed by atoms with Crippen molar-refractivity contribution in [2.45, 2.75) is 19.3 Å². The highest BCUT2D eigenvalue weighted by atomic mass is 15.2. The molecule has 5 nitrogen and oxygen atoms in total. The molecule has 3 heterocycles. The molecule has 0 bridgehead atoms. The van der Waals surface area contributed by atoms with Gasteiger partial charge in [-0.25, -0.2) is 4.98 Å². The van der Waals surface area contributed by atoms with E-state index in [-0.39, 0.29) is 5.41 Å². The number of rotatable bonds is 6. The van der Waals surface area contributed by atoms with Crippen LogP contribution in [0.5, 0.6) is 0 Å². The fourth-order valence-corrected chi connectivity index (χ4v) is 13.4. The van der Waals surface area contributed by atoms with Gasteiger partial charge in [0.1, 0.15) is 0 Å². The topological polar surface area (TPSA) is 48.5 Å². The highest BCUT2D eigenvalue weighted by molar-refractivity contribution is 6.34. The molecule has 0 unspecified atom stereocenters. The Kier molecular flexibility index (Phi) is 11.2. The quantitative estimate of drug-likeness (QED) is 0.167. The van der Waals surface area contributed by atoms with Crippen molar-refractivity contribution in [2.24, 2.45) is 0 Å². The third-order valence-corrected chi connectivity index (χ3v) is 17.2. The molecule has 390 valence electrons. The monoisotopic (exact) mass is 1060 g/mol. The van der Waals surface area contributed by atoms with Crippen LogP contribution in [0, 0.1) is 0 Å². The zero-order valence-corrected chi connectivity index (χ0v) is 45.9. The molecule has 83 heavy (non-hydrogen) atoms. The molecule has 0 radical (unpaired) electrons. The van der Waals surface area contributed by atoms with Crippen LogP contribution in [-0.4, -0.2) is 24.1 Å². The summed E-state index contributed by atoms with van der Waals surface area (Å²) in [7, 11) is 0. The first-order chi connectivity index (χ1) is 41.0. The summed E-state index contributed by atoms with van der Waals surface area (Å²) in [5.74, 6) is 1.69. The van der Waals surface area contributed by atoms with Crippen LogP contribution in [-0.2, 0) is 5.41 Å². The second-order valence-electron chi connectivity index (χ2n) is 22.2. The van der Waals surface area contributed by atoms with E-state index >= 15 is 0 Å². The number of para-hydroxylation sites is 2. The molecule has 0 saturated heterocycles. The van der Waals surface area contributed by atoms with E-state index in [0.717, 1.165) is 115 Å². The van der Waals surface area contributed by atoms with Crippen molar-refractivity contribution in [3.63, 3.8) is 0 Å². The Bertz CT molecular complexity index is 5160. The summed E-state index contributed by atoms with van der Waals surface area (Å²) in [5, 5.41) is 11.0. The lowest BCUT2D eigenvalue weighted by atomic mass is 9.82. The molecule has 0 saturated carbocycles. The molecule has 1 aliphatic rings. The van der Waals surface area contributed by atoms with Gasteiger partial charge in [-0.15, -0.1) is 0 Å². The van der Waals surface area contributed by atoms with Gasteiger partial charge in [0, 0.05) is 43.7 Å². The summed E-state index contributed by atoms with van der Waals surface area (Å²) in [4.78, 5) is 16.2. The maximum absolute atomic E-state index is 5.52. The number of hydrogen-bond donors (Lipinski definition) is 0. The molecule has 0 atom stereocenters. The van der Waals surface area contributed by atoms with E-state index in [9.17, 15) is 0 Å². The standard InChI is InChI=1S/C78H53N5/c1-78(2)65-39-18-15-34-62(65)74-66(78)40-23-43-71(74)82-67-41-19-16-32-56(67)58-35-21-38-61-64-49-55(51-26-9-4-10-27-51)45-47-70(64)83(77-80-75(52-28-11-5-12-29-52)79-76(81-77)53-30-13-6-14-31-53)68-42-20-17-33-57(68)59-36-22-37-60(73(59)72(58)61)63-48-54(44-46-69(63)82)50-24-7-3-8-25-50/h3-49H,1-2H3. The molecule has 0 N–H and O–H groups in total. The van der Waals surface area contributed by atoms with E-state index < -0.39 is 0 Å². The van der Waals surface area contributed by atoms with Crippen LogP contribution in [0.4, 0.5) is 0 Å². The Morgan fingerprint density at radius 3 is 1.19 bits per heavy atom. The van der Waals surface area contributed by atoms with Crippen molar-refractivity contribution in [3.8, 4) is 67.8 Å². The molecule has 0 amide bonds. The minimum Gasteiger partial charge on any atom is -0.309 e. The van der Waals surface area contributed by atoms with E-state index in [1.807, 2.05) is 36.4 Å². The first kappa shape index (κ1) is 48.2. The van der Waals surface area contributed by atoms with Crippen molar-refractivity contribution >= 4 is 75.9 Å². The molecule has 15 aromatic rings. The first-order valence-electron chi connectivity index (χ1n) is 28.5. The highest BCUT2D eigenvalue weighted by Gasteiger charge is 2.37. The third kappa shape index (κ3) is 7.73. The zero-order chi connectivity index (χ0) is 55.2. The maximum atomic E-state index is 5.52. The van der Waals surface area contributed by atoms with Crippen molar-refractivity contribution in [1.82, 2.24) is 24.1 Å². The SMILES string of the molecule is CC1(C)c2ccccc2-c2c(-n3c4ccccc4c4cccc5c6cc(-c7ccccc7)ccc6n(-c6nc(-c7ccccc7)nc(-c7ccccc7)n6)c6ccccc6c6cccc(c7cc(-c8ccccc8)ccc73)c6c54)cccc21. The fraction of sp³-hybridized carbons (Fsp3) is 0.0385. The van der Waals surface area contributed by atoms with Crippen LogP contribution in [0.2, 0.25) is 0 Å². The number of hydrogen-bond acceptors (Lipinski definition) is 3. The average molecular weight is 1060 g/mol. The highest BCUT2D eigenvalue weighted by Crippen LogP contribution is 2.52. The van der Waals surface area contributed by atoms with Gasteiger partial charge >= 0.3 is 0 Å². The van der Waals surface area contributed by atoms with Gasteiger partial charge in [-0.05, 0) is 114 Å². The van der Waals surface area contributed by atoms with Crippen molar-refractivity contribution in [3.05, 3.63) is 296 Å². The summed E-state index contributed by atoms with van der Waals surface area (Å²) < 4.78 is 4.86. The predicted octanol–water partition coefficient (Wildman–Crippen LogP) is 20.2. The minimum atomic E-state index is -0.210. The largest absolute Gasteiger partial charge is 0.309 e. The zero-order valence-electron chi connectivity index (χ0n) is 45.9. The van der Waals surface area contributed by atoms with Crippen LogP contribution < -0.4 is 0 Å². The van der Waals surface area contributed by atoms with Crippen LogP contribution in [0.25, 0.3) is 144 Å². The Morgan fingerprint density at radius 2 is 0.663 bits per heavy atom. The van der Waals surface area contributed by atoms with E-state index in [2.05, 4.69) is 272 Å². The molecule has 12 aromatic carbocycles. The van der Waals surface area contributed by atoms with E-state index in [4.69, 9.17) is 15.0 Å². The maximum Gasteiger partial charge on any atom is 0.238 e. The van der Waals surface area contributed by atoms with Gasteiger partial charge in [-0.3, -0.25) is 4.57 Å². The smallest absolute Gasteiger partial charge is 0.238 e. The van der Waals surface area contributed by atoms with Gasteiger partial charge < -0.3 is 4.57 Å². The molecule has 0 fully saturated rings. The number of aromatic nitrogens is 5. The molecule has 3 aromatic heterocycles. The van der Waals surface area contributed by atoms with Crippen LogP contribution >= 0.6 is 0 Å². The predicted molar refractivity (Wildman–Crippen MR) is 347 cm³/mol. The molecule has 0 aliphatic heterocycles. The normalized spacial score (nSPS) is 12.6. The summed E-state index contributed by atoms with van der Waals surface area (Å²) in [5.41, 5.74) is 16.5. The Hall–Kier alpha value is -10.8. The van der Waals surface area contributed by atoms with Crippen LogP contribution in [0.15, 0.2) is 285 Å². The molecule has 1 aliphatic carbocycles. The van der Waals surface area contributed by atoms with Crippen molar-refractivity contribution in [2.75, 3.05) is 0 Å². The van der Waals surface area contributed by atoms with E-state index in [0.29, 0.717) is 17.6 Å². The lowest BCUT2D eigenvalue weighted by Crippen LogP contribution is -2.15. The van der Waals surface area contributed by atoms with Crippen molar-refractivity contribution in [1.29, 1.82) is 0 Å². The Balaban J connectivity index is 1.19. The fourth-order valence-electron chi connectivity index (χ4n) is 13.4. The van der Waals surface area contributed by atoms with Gasteiger partial charge in [0.2, 0.25) is 5.95 Å². The van der Waals surface area contributed by atoms with Gasteiger partial charge in [0.25, 0.3) is 0 Å². The van der Waals surface area contributed by atoms with Gasteiger partial charge in [-0.2, -0.15) is 9.97 Å². The number of fused-ring (bicyclic) bond motifs is 11. The molecular weight excluding hydrogens is 1010 g/mol. The molecule has 16 rings (SSSR count). The van der Waals surface area contributed by atoms with E-state index in [1.165, 1.54) is 22.3 Å². The summed E-state index contributed by atoms with van der Waals surface area (Å²) in [6.07, 6.45) is 0. The third-order valence-electron chi connectivity index (χ3n) is 17.2. The Labute approximate surface area is 480 Å². The summed E-state index contributed by atoms with van der Waals surface area (Å²) in [6, 6.07) is 104. The second kappa shape index (κ2) is 19.2. The first-order valence-corrected chi connectivity index (χ1v) is 28.5. The van der Waals surface area contributed by atoms with Gasteiger partial charge in [0.15, 0.2) is 11.6 Å². The molecule has 5 heteroatoms. The van der Waals surface area contributed by atoms with Crippen LogP contribution in [0.3, 0.4) is 0 Å². The minimum absolute atomic E-state index is 0.210. The summed E-state index contributed by atoms with van der Waals surface area (Å²) in [6.45, 7) is 4.75. The summed E-state index contributed by atoms with van der Waals surface area (Å²) >= 11 is 0. The average Bonchev–Trinajstić information content (AvgIpc) is 2.22. The molecular formula is C78H53N5. The van der Waals surface area contributed by atoms with Crippen molar-refractivity contribution < 1.29 is 0 Å². The lowest BCUT2D eigenvalue weighted by Gasteiger charge is -2.22. The van der Waals surface area contributed by atoms with Crippen LogP contribution in [0.1, 0.15) is 25.0 Å². The number of nitrogens with zero attached hydrogens (tertiary/aromatic N) is 5. The van der Waals surface area contributed by atoms with E-state index in [1.54, 1.807) is 0 Å². The van der Waals surface area contributed by atoms with Gasteiger partial charge in [0.05, 0.1) is 27.8 Å². The molecule has 0 spiro atoms.